The van der Waals surface area contributed by atoms with Gasteiger partial charge in [-0.05, 0) is 29.7 Å². The zero-order valence-corrected chi connectivity index (χ0v) is 8.52. The minimum Gasteiger partial charge on any atom is -0.328 e. The van der Waals surface area contributed by atoms with Gasteiger partial charge in [-0.1, -0.05) is 0 Å². The molecule has 1 aromatic carbocycles. The molecule has 0 atom stereocenters. The molecule has 1 heterocycles. The molecule has 0 aliphatic heterocycles. The summed E-state index contributed by atoms with van der Waals surface area (Å²) in [5, 5.41) is 1.21. The Hall–Kier alpha value is -0.360. The number of hydrogen-bond acceptors (Lipinski definition) is 3. The summed E-state index contributed by atoms with van der Waals surface area (Å²) in [5.41, 5.74) is 1.13. The van der Waals surface area contributed by atoms with E-state index < -0.39 is 0 Å². The van der Waals surface area contributed by atoms with E-state index in [2.05, 4.69) is 42.9 Å². The fourth-order valence-corrected chi connectivity index (χ4v) is 1.94. The average molecular weight is 276 g/mol. The first-order valence-electron chi connectivity index (χ1n) is 3.11. The predicted octanol–water partition coefficient (Wildman–Crippen LogP) is 3.06. The fourth-order valence-electron chi connectivity index (χ4n) is 0.919. The van der Waals surface area contributed by atoms with Gasteiger partial charge in [0.25, 0.3) is 0 Å². The van der Waals surface area contributed by atoms with Gasteiger partial charge in [0.2, 0.25) is 0 Å². The maximum Gasteiger partial charge on any atom is 0.0570 e. The Bertz CT molecular complexity index is 371. The molecule has 1 aromatic heterocycles. The molecule has 1 N–H and O–H groups in total. The maximum atomic E-state index is 4.09. The highest BCUT2D eigenvalue weighted by molar-refractivity contribution is 14.1. The Kier molecular flexibility index (Phi) is 1.95. The van der Waals surface area contributed by atoms with Gasteiger partial charge in [0.1, 0.15) is 0 Å². The fraction of sp³-hybridized carbons (Fsp3) is 0. The summed E-state index contributed by atoms with van der Waals surface area (Å²) in [6.07, 6.45) is 1.89. The van der Waals surface area contributed by atoms with E-state index in [1.807, 2.05) is 12.3 Å². The lowest BCUT2D eigenvalue weighted by atomic mass is 10.2. The number of anilines is 1. The summed E-state index contributed by atoms with van der Waals surface area (Å²) in [7, 11) is 0. The second-order valence-electron chi connectivity index (χ2n) is 2.17. The van der Waals surface area contributed by atoms with E-state index in [0.29, 0.717) is 0 Å². The van der Waals surface area contributed by atoms with Crippen LogP contribution in [-0.2, 0) is 0 Å². The normalized spacial score (nSPS) is 10.3. The number of benzene rings is 1. The molecule has 56 valence electrons. The quantitative estimate of drug-likeness (QED) is 0.639. The van der Waals surface area contributed by atoms with Crippen LogP contribution in [0, 0.1) is 0 Å². The van der Waals surface area contributed by atoms with Crippen LogP contribution in [0.5, 0.6) is 0 Å². The Balaban J connectivity index is 2.67. The first-order valence-corrected chi connectivity index (χ1v) is 4.96. The van der Waals surface area contributed by atoms with Gasteiger partial charge in [0.15, 0.2) is 0 Å². The van der Waals surface area contributed by atoms with Crippen molar-refractivity contribution in [3.63, 3.8) is 0 Å². The van der Waals surface area contributed by atoms with E-state index in [4.69, 9.17) is 0 Å². The smallest absolute Gasteiger partial charge is 0.0570 e. The summed E-state index contributed by atoms with van der Waals surface area (Å²) in [6.45, 7) is 0. The maximum absolute atomic E-state index is 4.09. The van der Waals surface area contributed by atoms with Gasteiger partial charge in [0.05, 0.1) is 27.6 Å². The van der Waals surface area contributed by atoms with Crippen LogP contribution in [0.2, 0.25) is 0 Å². The van der Waals surface area contributed by atoms with Crippen molar-refractivity contribution in [3.8, 4) is 0 Å². The van der Waals surface area contributed by atoms with E-state index in [9.17, 15) is 0 Å². The van der Waals surface area contributed by atoms with Crippen molar-refractivity contribution >= 4 is 50.2 Å². The van der Waals surface area contributed by atoms with E-state index in [-0.39, 0.29) is 0 Å². The molecule has 2 rings (SSSR count). The molecule has 4 heteroatoms. The molecule has 11 heavy (non-hydrogen) atoms. The van der Waals surface area contributed by atoms with Crippen LogP contribution in [0.3, 0.4) is 0 Å². The van der Waals surface area contributed by atoms with Crippen molar-refractivity contribution in [2.45, 2.75) is 0 Å². The van der Waals surface area contributed by atoms with Crippen molar-refractivity contribution in [3.05, 3.63) is 24.4 Å². The van der Waals surface area contributed by atoms with Crippen LogP contribution < -0.4 is 3.53 Å². The van der Waals surface area contributed by atoms with E-state index in [1.165, 1.54) is 21.6 Å². The molecule has 2 nitrogen and oxygen atoms in total. The average Bonchev–Trinajstić information content (AvgIpc) is 2.50. The molecule has 0 fully saturated rings. The molecule has 2 aromatic rings. The molecule has 0 amide bonds. The van der Waals surface area contributed by atoms with Crippen LogP contribution in [0.4, 0.5) is 5.69 Å². The number of nitrogens with zero attached hydrogens (tertiary/aromatic N) is 1. The first kappa shape index (κ1) is 7.30. The van der Waals surface area contributed by atoms with Crippen LogP contribution in [0.1, 0.15) is 0 Å². The lowest BCUT2D eigenvalue weighted by Crippen LogP contribution is -1.75. The third kappa shape index (κ3) is 1.32. The van der Waals surface area contributed by atoms with Gasteiger partial charge in [-0.15, -0.1) is 0 Å². The van der Waals surface area contributed by atoms with Crippen molar-refractivity contribution in [2.24, 2.45) is 0 Å². The Labute approximate surface area is 82.3 Å². The number of rotatable bonds is 1. The highest BCUT2D eigenvalue weighted by atomic mass is 127. The van der Waals surface area contributed by atoms with Crippen LogP contribution in [-0.4, -0.2) is 4.37 Å². The molecular formula is C7H5IN2S. The zero-order chi connectivity index (χ0) is 7.68. The molecule has 0 saturated carbocycles. The third-order valence-electron chi connectivity index (χ3n) is 1.47. The van der Waals surface area contributed by atoms with Gasteiger partial charge in [0, 0.05) is 17.3 Å². The molecule has 0 radical (unpaired) electrons. The van der Waals surface area contributed by atoms with Gasteiger partial charge in [-0.3, -0.25) is 0 Å². The minimum atomic E-state index is 1.13. The number of nitrogens with one attached hydrogen (secondary N) is 1. The molecule has 0 aliphatic carbocycles. The number of fused-ring (bicyclic) bond motifs is 1. The second-order valence-corrected chi connectivity index (χ2v) is 3.55. The van der Waals surface area contributed by atoms with E-state index in [1.54, 1.807) is 0 Å². The topological polar surface area (TPSA) is 24.9 Å². The summed E-state index contributed by atoms with van der Waals surface area (Å²) >= 11 is 3.64. The lowest BCUT2D eigenvalue weighted by molar-refractivity contribution is 1.61. The molecular weight excluding hydrogens is 271 g/mol. The van der Waals surface area contributed by atoms with Crippen LogP contribution in [0.25, 0.3) is 10.1 Å². The minimum absolute atomic E-state index is 1.13. The van der Waals surface area contributed by atoms with Crippen molar-refractivity contribution in [1.29, 1.82) is 0 Å². The summed E-state index contributed by atoms with van der Waals surface area (Å²) < 4.78 is 8.37. The Morgan fingerprint density at radius 1 is 1.45 bits per heavy atom. The molecule has 0 saturated heterocycles. The van der Waals surface area contributed by atoms with Crippen LogP contribution in [0.15, 0.2) is 24.4 Å². The zero-order valence-electron chi connectivity index (χ0n) is 5.54. The molecule has 0 bridgehead atoms. The molecule has 0 unspecified atom stereocenters. The van der Waals surface area contributed by atoms with Crippen molar-refractivity contribution in [1.82, 2.24) is 4.37 Å². The van der Waals surface area contributed by atoms with Crippen molar-refractivity contribution in [2.75, 3.05) is 3.53 Å². The largest absolute Gasteiger partial charge is 0.328 e. The van der Waals surface area contributed by atoms with E-state index in [0.717, 1.165) is 5.69 Å². The Morgan fingerprint density at radius 2 is 2.36 bits per heavy atom. The van der Waals surface area contributed by atoms with Gasteiger partial charge in [-0.25, -0.2) is 0 Å². The van der Waals surface area contributed by atoms with Crippen LogP contribution >= 0.6 is 34.4 Å². The lowest BCUT2D eigenvalue weighted by Gasteiger charge is -1.95. The highest BCUT2D eigenvalue weighted by Crippen LogP contribution is 2.22. The predicted molar refractivity (Wildman–Crippen MR) is 57.3 cm³/mol. The standard InChI is InChI=1S/C7H5IN2S/c8-10-6-2-1-5-4-9-11-7(5)3-6/h1-4,10H. The summed E-state index contributed by atoms with van der Waals surface area (Å²) in [6, 6.07) is 6.21. The molecule has 0 spiro atoms. The van der Waals surface area contributed by atoms with Gasteiger partial charge >= 0.3 is 0 Å². The monoisotopic (exact) mass is 276 g/mol. The highest BCUT2D eigenvalue weighted by Gasteiger charge is 1.95. The third-order valence-corrected chi connectivity index (χ3v) is 2.85. The van der Waals surface area contributed by atoms with Gasteiger partial charge in [-0.2, -0.15) is 4.37 Å². The molecule has 0 aliphatic rings. The second kappa shape index (κ2) is 2.94. The van der Waals surface area contributed by atoms with E-state index >= 15 is 0 Å². The Morgan fingerprint density at radius 3 is 3.18 bits per heavy atom. The summed E-state index contributed by atoms with van der Waals surface area (Å²) in [5.74, 6) is 0. The first-order chi connectivity index (χ1) is 5.40. The van der Waals surface area contributed by atoms with Gasteiger partial charge < -0.3 is 3.53 Å². The summed E-state index contributed by atoms with van der Waals surface area (Å²) in [4.78, 5) is 0. The number of hydrogen-bond donors (Lipinski definition) is 1. The number of halogens is 1. The number of aromatic nitrogens is 1. The SMILES string of the molecule is INc1ccc2cnsc2c1. The van der Waals surface area contributed by atoms with Crippen molar-refractivity contribution < 1.29 is 0 Å².